The number of benzene rings is 1. The first-order chi connectivity index (χ1) is 11.1. The van der Waals surface area contributed by atoms with E-state index in [1.807, 2.05) is 23.1 Å². The number of hydrogen-bond acceptors (Lipinski definition) is 3. The van der Waals surface area contributed by atoms with Crippen molar-refractivity contribution in [1.82, 2.24) is 10.2 Å². The molecule has 1 aliphatic carbocycles. The Labute approximate surface area is 136 Å². The maximum absolute atomic E-state index is 12.5. The van der Waals surface area contributed by atoms with Gasteiger partial charge in [-0.05, 0) is 49.8 Å². The van der Waals surface area contributed by atoms with Gasteiger partial charge in [0, 0.05) is 25.1 Å². The van der Waals surface area contributed by atoms with E-state index in [-0.39, 0.29) is 11.8 Å². The third kappa shape index (κ3) is 3.37. The van der Waals surface area contributed by atoms with E-state index < -0.39 is 5.54 Å². The molecule has 0 spiro atoms. The number of amides is 2. The molecule has 2 fully saturated rings. The Morgan fingerprint density at radius 3 is 2.74 bits per heavy atom. The van der Waals surface area contributed by atoms with Gasteiger partial charge in [-0.15, -0.1) is 0 Å². The molecule has 2 amide bonds. The van der Waals surface area contributed by atoms with Gasteiger partial charge in [0.1, 0.15) is 5.54 Å². The molecule has 1 aromatic rings. The second-order valence-corrected chi connectivity index (χ2v) is 6.47. The SMILES string of the molecule is N#CC1(NC(=O)c2cccc(CN3CCCC3=O)c2)CCCC1. The number of nitrogens with zero attached hydrogens (tertiary/aromatic N) is 2. The molecule has 1 saturated carbocycles. The highest BCUT2D eigenvalue weighted by atomic mass is 16.2. The summed E-state index contributed by atoms with van der Waals surface area (Å²) in [5.41, 5.74) is 0.791. The van der Waals surface area contributed by atoms with Gasteiger partial charge in [-0.3, -0.25) is 9.59 Å². The van der Waals surface area contributed by atoms with Crippen molar-refractivity contribution in [2.24, 2.45) is 0 Å². The van der Waals surface area contributed by atoms with E-state index >= 15 is 0 Å². The van der Waals surface area contributed by atoms with Crippen LogP contribution in [0.25, 0.3) is 0 Å². The van der Waals surface area contributed by atoms with Crippen molar-refractivity contribution in [2.75, 3.05) is 6.54 Å². The van der Waals surface area contributed by atoms with Crippen LogP contribution in [0.5, 0.6) is 0 Å². The highest BCUT2D eigenvalue weighted by Crippen LogP contribution is 2.29. The minimum absolute atomic E-state index is 0.175. The van der Waals surface area contributed by atoms with E-state index in [4.69, 9.17) is 0 Å². The van der Waals surface area contributed by atoms with Gasteiger partial charge in [0.15, 0.2) is 0 Å². The molecule has 120 valence electrons. The van der Waals surface area contributed by atoms with Gasteiger partial charge in [-0.25, -0.2) is 0 Å². The van der Waals surface area contributed by atoms with Crippen LogP contribution in [0.4, 0.5) is 0 Å². The first-order valence-electron chi connectivity index (χ1n) is 8.22. The topological polar surface area (TPSA) is 73.2 Å². The van der Waals surface area contributed by atoms with E-state index in [0.29, 0.717) is 18.5 Å². The monoisotopic (exact) mass is 311 g/mol. The Bertz CT molecular complexity index is 656. The van der Waals surface area contributed by atoms with Crippen LogP contribution in [0.2, 0.25) is 0 Å². The van der Waals surface area contributed by atoms with Gasteiger partial charge >= 0.3 is 0 Å². The molecule has 1 aromatic carbocycles. The molecule has 0 atom stereocenters. The lowest BCUT2D eigenvalue weighted by molar-refractivity contribution is -0.128. The average molecular weight is 311 g/mol. The zero-order chi connectivity index (χ0) is 16.3. The summed E-state index contributed by atoms with van der Waals surface area (Å²) in [7, 11) is 0. The lowest BCUT2D eigenvalue weighted by atomic mass is 9.99. The summed E-state index contributed by atoms with van der Waals surface area (Å²) in [6, 6.07) is 9.61. The second kappa shape index (κ2) is 6.41. The van der Waals surface area contributed by atoms with Crippen molar-refractivity contribution in [1.29, 1.82) is 5.26 Å². The highest BCUT2D eigenvalue weighted by molar-refractivity contribution is 5.95. The fourth-order valence-corrected chi connectivity index (χ4v) is 3.44. The molecular formula is C18H21N3O2. The molecule has 2 aliphatic rings. The van der Waals surface area contributed by atoms with E-state index in [0.717, 1.165) is 44.2 Å². The third-order valence-corrected chi connectivity index (χ3v) is 4.76. The summed E-state index contributed by atoms with van der Waals surface area (Å²) >= 11 is 0. The zero-order valence-corrected chi connectivity index (χ0v) is 13.2. The van der Waals surface area contributed by atoms with Gasteiger partial charge in [0.25, 0.3) is 5.91 Å². The molecule has 5 heteroatoms. The fraction of sp³-hybridized carbons (Fsp3) is 0.500. The molecule has 0 radical (unpaired) electrons. The highest BCUT2D eigenvalue weighted by Gasteiger charge is 2.35. The van der Waals surface area contributed by atoms with Crippen molar-refractivity contribution < 1.29 is 9.59 Å². The number of carbonyl (C=O) groups is 2. The van der Waals surface area contributed by atoms with E-state index in [1.165, 1.54) is 0 Å². The largest absolute Gasteiger partial charge is 0.338 e. The van der Waals surface area contributed by atoms with Crippen LogP contribution < -0.4 is 5.32 Å². The molecule has 23 heavy (non-hydrogen) atoms. The first-order valence-corrected chi connectivity index (χ1v) is 8.22. The Morgan fingerprint density at radius 2 is 2.09 bits per heavy atom. The van der Waals surface area contributed by atoms with Crippen LogP contribution in [-0.4, -0.2) is 28.8 Å². The minimum atomic E-state index is -0.710. The van der Waals surface area contributed by atoms with Crippen LogP contribution in [-0.2, 0) is 11.3 Å². The predicted molar refractivity (Wildman–Crippen MR) is 85.4 cm³/mol. The molecule has 1 aliphatic heterocycles. The number of likely N-dealkylation sites (tertiary alicyclic amines) is 1. The predicted octanol–water partition coefficient (Wildman–Crippen LogP) is 2.38. The molecule has 1 heterocycles. The van der Waals surface area contributed by atoms with E-state index in [9.17, 15) is 14.9 Å². The second-order valence-electron chi connectivity index (χ2n) is 6.47. The Balaban J connectivity index is 1.70. The molecular weight excluding hydrogens is 290 g/mol. The molecule has 0 bridgehead atoms. The van der Waals surface area contributed by atoms with Crippen molar-refractivity contribution in [3.05, 3.63) is 35.4 Å². The van der Waals surface area contributed by atoms with Crippen LogP contribution in [0.15, 0.2) is 24.3 Å². The fourth-order valence-electron chi connectivity index (χ4n) is 3.44. The van der Waals surface area contributed by atoms with Crippen LogP contribution in [0, 0.1) is 11.3 Å². The smallest absolute Gasteiger partial charge is 0.252 e. The summed E-state index contributed by atoms with van der Waals surface area (Å²) in [5, 5.41) is 12.3. The van der Waals surface area contributed by atoms with Crippen LogP contribution >= 0.6 is 0 Å². The normalized spacial score (nSPS) is 19.6. The zero-order valence-electron chi connectivity index (χ0n) is 13.2. The molecule has 3 rings (SSSR count). The van der Waals surface area contributed by atoms with Crippen molar-refractivity contribution in [3.8, 4) is 6.07 Å². The van der Waals surface area contributed by atoms with Crippen molar-refractivity contribution >= 4 is 11.8 Å². The summed E-state index contributed by atoms with van der Waals surface area (Å²) in [5.74, 6) is -0.0303. The van der Waals surface area contributed by atoms with Gasteiger partial charge in [0.2, 0.25) is 5.91 Å². The van der Waals surface area contributed by atoms with Crippen LogP contribution in [0.3, 0.4) is 0 Å². The number of nitriles is 1. The molecule has 1 saturated heterocycles. The Morgan fingerprint density at radius 1 is 1.30 bits per heavy atom. The lowest BCUT2D eigenvalue weighted by Crippen LogP contribution is -2.45. The maximum atomic E-state index is 12.5. The lowest BCUT2D eigenvalue weighted by Gasteiger charge is -2.22. The van der Waals surface area contributed by atoms with Gasteiger partial charge in [0.05, 0.1) is 6.07 Å². The Hall–Kier alpha value is -2.35. The summed E-state index contributed by atoms with van der Waals surface area (Å²) in [6.07, 6.45) is 4.92. The van der Waals surface area contributed by atoms with E-state index in [1.54, 1.807) is 6.07 Å². The van der Waals surface area contributed by atoms with E-state index in [2.05, 4.69) is 11.4 Å². The summed E-state index contributed by atoms with van der Waals surface area (Å²) in [4.78, 5) is 26.0. The first kappa shape index (κ1) is 15.5. The number of nitrogens with one attached hydrogen (secondary N) is 1. The number of carbonyl (C=O) groups excluding carboxylic acids is 2. The molecule has 0 unspecified atom stereocenters. The number of hydrogen-bond donors (Lipinski definition) is 1. The van der Waals surface area contributed by atoms with Crippen molar-refractivity contribution in [3.63, 3.8) is 0 Å². The summed E-state index contributed by atoms with van der Waals surface area (Å²) < 4.78 is 0. The summed E-state index contributed by atoms with van der Waals surface area (Å²) in [6.45, 7) is 1.33. The van der Waals surface area contributed by atoms with Gasteiger partial charge in [-0.2, -0.15) is 5.26 Å². The van der Waals surface area contributed by atoms with Gasteiger partial charge < -0.3 is 10.2 Å². The maximum Gasteiger partial charge on any atom is 0.252 e. The Kier molecular flexibility index (Phi) is 4.33. The number of rotatable bonds is 4. The quantitative estimate of drug-likeness (QED) is 0.928. The van der Waals surface area contributed by atoms with Crippen LogP contribution in [0.1, 0.15) is 54.4 Å². The molecule has 0 aromatic heterocycles. The van der Waals surface area contributed by atoms with Gasteiger partial charge in [-0.1, -0.05) is 12.1 Å². The third-order valence-electron chi connectivity index (χ3n) is 4.76. The van der Waals surface area contributed by atoms with Crippen molar-refractivity contribution in [2.45, 2.75) is 50.6 Å². The molecule has 1 N–H and O–H groups in total. The average Bonchev–Trinajstić information content (AvgIpc) is 3.18. The molecule has 5 nitrogen and oxygen atoms in total. The minimum Gasteiger partial charge on any atom is -0.338 e. The standard InChI is InChI=1S/C18H21N3O2/c19-13-18(8-1-2-9-18)20-17(23)15-6-3-5-14(11-15)12-21-10-4-7-16(21)22/h3,5-6,11H,1-2,4,7-10,12H2,(H,20,23).